The molecule has 0 aliphatic carbocycles. The zero-order valence-corrected chi connectivity index (χ0v) is 17.7. The lowest BCUT2D eigenvalue weighted by atomic mass is 9.85. The molecular weight excluding hydrogens is 422 g/mol. The number of nitrogens with one attached hydrogen (secondary N) is 1. The number of benzene rings is 3. The van der Waals surface area contributed by atoms with E-state index in [-0.39, 0.29) is 28.9 Å². The van der Waals surface area contributed by atoms with Crippen LogP contribution in [0.4, 0.5) is 0 Å². The molecule has 0 spiro atoms. The lowest BCUT2D eigenvalue weighted by Gasteiger charge is -2.20. The number of phenolic OH excluding ortho intramolecular Hbond substituents is 2. The highest BCUT2D eigenvalue weighted by Gasteiger charge is 2.30. The number of aromatic nitrogens is 1. The van der Waals surface area contributed by atoms with Crippen molar-refractivity contribution >= 4 is 22.7 Å². The predicted molar refractivity (Wildman–Crippen MR) is 123 cm³/mol. The van der Waals surface area contributed by atoms with Crippen molar-refractivity contribution in [2.45, 2.75) is 12.3 Å². The predicted octanol–water partition coefficient (Wildman–Crippen LogP) is 3.87. The Labute approximate surface area is 188 Å². The number of carbonyl (C=O) groups excluding carboxylic acids is 2. The topological polar surface area (TPSA) is 117 Å². The quantitative estimate of drug-likeness (QED) is 0.308. The van der Waals surface area contributed by atoms with Crippen LogP contribution in [0.5, 0.6) is 11.5 Å². The summed E-state index contributed by atoms with van der Waals surface area (Å²) in [5, 5.41) is 22.4. The Morgan fingerprint density at radius 3 is 2.39 bits per heavy atom. The smallest absolute Gasteiger partial charge is 0.306 e. The van der Waals surface area contributed by atoms with E-state index in [1.54, 1.807) is 60.7 Å². The molecule has 0 amide bonds. The highest BCUT2D eigenvalue weighted by molar-refractivity contribution is 6.11. The van der Waals surface area contributed by atoms with Crippen LogP contribution >= 0.6 is 0 Å². The number of phenols is 2. The first-order chi connectivity index (χ1) is 15.9. The average Bonchev–Trinajstić information content (AvgIpc) is 2.83. The molecule has 1 unspecified atom stereocenters. The Morgan fingerprint density at radius 1 is 0.970 bits per heavy atom. The highest BCUT2D eigenvalue weighted by Crippen LogP contribution is 2.42. The van der Waals surface area contributed by atoms with Crippen LogP contribution in [0, 0.1) is 0 Å². The van der Waals surface area contributed by atoms with Gasteiger partial charge in [0.15, 0.2) is 5.78 Å². The minimum absolute atomic E-state index is 0.0546. The molecule has 1 atom stereocenters. The van der Waals surface area contributed by atoms with Gasteiger partial charge in [0.1, 0.15) is 11.5 Å². The largest absolute Gasteiger partial charge is 0.508 e. The number of carbonyl (C=O) groups is 2. The van der Waals surface area contributed by atoms with Crippen LogP contribution < -0.4 is 5.56 Å². The number of H-pyrrole nitrogens is 1. The van der Waals surface area contributed by atoms with Crippen molar-refractivity contribution in [1.29, 1.82) is 0 Å². The van der Waals surface area contributed by atoms with Gasteiger partial charge in [-0.05, 0) is 29.7 Å². The maximum absolute atomic E-state index is 13.0. The van der Waals surface area contributed by atoms with Crippen molar-refractivity contribution in [1.82, 2.24) is 4.98 Å². The third-order valence-electron chi connectivity index (χ3n) is 5.58. The number of fused-ring (bicyclic) bond motifs is 1. The molecule has 0 saturated carbocycles. The number of aromatic amines is 1. The molecule has 3 aromatic carbocycles. The van der Waals surface area contributed by atoms with Gasteiger partial charge in [-0.1, -0.05) is 48.5 Å². The molecule has 0 fully saturated rings. The second kappa shape index (κ2) is 9.00. The number of para-hydroxylation sites is 1. The Balaban J connectivity index is 1.92. The van der Waals surface area contributed by atoms with Crippen molar-refractivity contribution in [2.24, 2.45) is 0 Å². The maximum atomic E-state index is 13.0. The molecular formula is C26H21NO6. The van der Waals surface area contributed by atoms with Gasteiger partial charge in [0.05, 0.1) is 19.1 Å². The number of ketones is 1. The monoisotopic (exact) mass is 443 g/mol. The van der Waals surface area contributed by atoms with Crippen LogP contribution in [0.15, 0.2) is 77.6 Å². The molecule has 0 aliphatic heterocycles. The average molecular weight is 443 g/mol. The van der Waals surface area contributed by atoms with E-state index in [1.807, 2.05) is 0 Å². The fraction of sp³-hybridized carbons (Fsp3) is 0.115. The standard InChI is InChI=1S/C26H21NO6/c1-33-22(29)14-18(19-13-16-9-5-6-10-20(16)27-26(19)32)23-21(28)12-11-17(25(23)31)24(30)15-7-3-2-4-8-15/h2-13,18,28,31H,14H2,1H3,(H,27,32). The molecule has 0 bridgehead atoms. The third kappa shape index (κ3) is 4.21. The van der Waals surface area contributed by atoms with Crippen molar-refractivity contribution in [3.05, 3.63) is 105 Å². The van der Waals surface area contributed by atoms with E-state index in [9.17, 15) is 24.6 Å². The van der Waals surface area contributed by atoms with E-state index < -0.39 is 29.0 Å². The molecule has 7 heteroatoms. The number of rotatable bonds is 6. The van der Waals surface area contributed by atoms with Gasteiger partial charge in [-0.15, -0.1) is 0 Å². The van der Waals surface area contributed by atoms with E-state index >= 15 is 0 Å². The van der Waals surface area contributed by atoms with Gasteiger partial charge in [-0.2, -0.15) is 0 Å². The molecule has 1 heterocycles. The SMILES string of the molecule is COC(=O)CC(c1c(O)ccc(C(=O)c2ccccc2)c1O)c1cc2ccccc2[nH]c1=O. The van der Waals surface area contributed by atoms with E-state index in [0.717, 1.165) is 0 Å². The molecule has 166 valence electrons. The van der Waals surface area contributed by atoms with Crippen molar-refractivity contribution < 1.29 is 24.5 Å². The third-order valence-corrected chi connectivity index (χ3v) is 5.58. The summed E-state index contributed by atoms with van der Waals surface area (Å²) in [5.41, 5.74) is 0.460. The fourth-order valence-electron chi connectivity index (χ4n) is 3.91. The molecule has 0 aliphatic rings. The normalized spacial score (nSPS) is 11.8. The first kappa shape index (κ1) is 21.8. The van der Waals surface area contributed by atoms with Gasteiger partial charge in [0, 0.05) is 28.1 Å². The minimum Gasteiger partial charge on any atom is -0.508 e. The molecule has 0 saturated heterocycles. The first-order valence-electron chi connectivity index (χ1n) is 10.2. The van der Waals surface area contributed by atoms with Crippen LogP contribution in [-0.2, 0) is 9.53 Å². The minimum atomic E-state index is -1.06. The van der Waals surface area contributed by atoms with E-state index in [4.69, 9.17) is 4.74 Å². The number of hydrogen-bond acceptors (Lipinski definition) is 6. The van der Waals surface area contributed by atoms with Crippen LogP contribution in [-0.4, -0.2) is 34.1 Å². The van der Waals surface area contributed by atoms with Crippen LogP contribution in [0.3, 0.4) is 0 Å². The number of hydrogen-bond donors (Lipinski definition) is 3. The molecule has 1 aromatic heterocycles. The molecule has 33 heavy (non-hydrogen) atoms. The fourth-order valence-corrected chi connectivity index (χ4v) is 3.91. The van der Waals surface area contributed by atoms with Crippen LogP contribution in [0.2, 0.25) is 0 Å². The lowest BCUT2D eigenvalue weighted by Crippen LogP contribution is -2.20. The van der Waals surface area contributed by atoms with Gasteiger partial charge >= 0.3 is 5.97 Å². The van der Waals surface area contributed by atoms with E-state index in [0.29, 0.717) is 16.5 Å². The van der Waals surface area contributed by atoms with Gasteiger partial charge in [-0.25, -0.2) is 0 Å². The number of aromatic hydroxyl groups is 2. The Hall–Kier alpha value is -4.39. The summed E-state index contributed by atoms with van der Waals surface area (Å²) in [7, 11) is 1.21. The summed E-state index contributed by atoms with van der Waals surface area (Å²) in [6, 6.07) is 19.7. The Bertz CT molecular complexity index is 1410. The second-order valence-electron chi connectivity index (χ2n) is 7.56. The number of esters is 1. The molecule has 0 radical (unpaired) electrons. The summed E-state index contributed by atoms with van der Waals surface area (Å²) < 4.78 is 4.80. The van der Waals surface area contributed by atoms with Crippen molar-refractivity contribution in [3.63, 3.8) is 0 Å². The summed E-state index contributed by atoms with van der Waals surface area (Å²) in [6.07, 6.45) is -0.331. The number of pyridine rings is 1. The molecule has 4 rings (SSSR count). The molecule has 3 N–H and O–H groups in total. The molecule has 7 nitrogen and oxygen atoms in total. The van der Waals surface area contributed by atoms with Crippen molar-refractivity contribution in [3.8, 4) is 11.5 Å². The first-order valence-corrected chi connectivity index (χ1v) is 10.2. The Morgan fingerprint density at radius 2 is 1.67 bits per heavy atom. The summed E-state index contributed by atoms with van der Waals surface area (Å²) in [6.45, 7) is 0. The number of methoxy groups -OCH3 is 1. The second-order valence-corrected chi connectivity index (χ2v) is 7.56. The van der Waals surface area contributed by atoms with Gasteiger partial charge in [-0.3, -0.25) is 14.4 Å². The highest BCUT2D eigenvalue weighted by atomic mass is 16.5. The van der Waals surface area contributed by atoms with Gasteiger partial charge in [0.25, 0.3) is 5.56 Å². The van der Waals surface area contributed by atoms with E-state index in [2.05, 4.69) is 4.98 Å². The summed E-state index contributed by atoms with van der Waals surface area (Å²) in [5.74, 6) is -3.01. The molecule has 4 aromatic rings. The van der Waals surface area contributed by atoms with Gasteiger partial charge in [0.2, 0.25) is 0 Å². The zero-order valence-electron chi connectivity index (χ0n) is 17.7. The summed E-state index contributed by atoms with van der Waals surface area (Å²) >= 11 is 0. The number of ether oxygens (including phenoxy) is 1. The van der Waals surface area contributed by atoms with Crippen LogP contribution in [0.25, 0.3) is 10.9 Å². The van der Waals surface area contributed by atoms with Crippen LogP contribution in [0.1, 0.15) is 39.4 Å². The maximum Gasteiger partial charge on any atom is 0.306 e. The van der Waals surface area contributed by atoms with Crippen molar-refractivity contribution in [2.75, 3.05) is 7.11 Å². The lowest BCUT2D eigenvalue weighted by molar-refractivity contribution is -0.140. The summed E-state index contributed by atoms with van der Waals surface area (Å²) in [4.78, 5) is 41.0. The van der Waals surface area contributed by atoms with Gasteiger partial charge < -0.3 is 19.9 Å². The zero-order chi connectivity index (χ0) is 23.5. The van der Waals surface area contributed by atoms with E-state index in [1.165, 1.54) is 19.2 Å². The Kier molecular flexibility index (Phi) is 5.95.